The third kappa shape index (κ3) is 3.30. The van der Waals surface area contributed by atoms with Gasteiger partial charge in [-0.15, -0.1) is 0 Å². The second-order valence-corrected chi connectivity index (χ2v) is 4.26. The summed E-state index contributed by atoms with van der Waals surface area (Å²) < 4.78 is 10.9. The molecule has 1 aliphatic rings. The van der Waals surface area contributed by atoms with Gasteiger partial charge in [0.1, 0.15) is 17.6 Å². The smallest absolute Gasteiger partial charge is 0.239 e. The molecule has 0 saturated carbocycles. The van der Waals surface area contributed by atoms with Crippen LogP contribution in [0.25, 0.3) is 0 Å². The van der Waals surface area contributed by atoms with Gasteiger partial charge in [0.2, 0.25) is 5.88 Å². The van der Waals surface area contributed by atoms with Crippen LogP contribution >= 0.6 is 0 Å². The van der Waals surface area contributed by atoms with Gasteiger partial charge in [0.15, 0.2) is 0 Å². The zero-order valence-electron chi connectivity index (χ0n) is 10.9. The van der Waals surface area contributed by atoms with Crippen LogP contribution in [-0.4, -0.2) is 42.9 Å². The molecule has 0 saturated heterocycles. The molecular weight excluding hydrogens is 232 g/mol. The number of aromatic nitrogens is 2. The van der Waals surface area contributed by atoms with Crippen molar-refractivity contribution in [2.45, 2.75) is 26.0 Å². The first-order valence-corrected chi connectivity index (χ1v) is 6.29. The SMILES string of the molecule is CCCNc1cnc2c(n1)OC(COC)CNC2. The highest BCUT2D eigenvalue weighted by molar-refractivity contribution is 5.36. The lowest BCUT2D eigenvalue weighted by Crippen LogP contribution is -2.32. The Morgan fingerprint density at radius 2 is 2.50 bits per heavy atom. The van der Waals surface area contributed by atoms with E-state index in [1.54, 1.807) is 13.3 Å². The minimum Gasteiger partial charge on any atom is -0.469 e. The minimum atomic E-state index is -0.0213. The van der Waals surface area contributed by atoms with E-state index in [1.165, 1.54) is 0 Å². The van der Waals surface area contributed by atoms with Gasteiger partial charge in [-0.2, -0.15) is 4.98 Å². The van der Waals surface area contributed by atoms with E-state index in [2.05, 4.69) is 27.5 Å². The zero-order chi connectivity index (χ0) is 12.8. The van der Waals surface area contributed by atoms with Crippen molar-refractivity contribution in [1.82, 2.24) is 15.3 Å². The van der Waals surface area contributed by atoms with Crippen molar-refractivity contribution >= 4 is 5.82 Å². The number of fused-ring (bicyclic) bond motifs is 1. The summed E-state index contributed by atoms with van der Waals surface area (Å²) in [5, 5.41) is 6.48. The Bertz CT molecular complexity index is 386. The van der Waals surface area contributed by atoms with E-state index >= 15 is 0 Å². The van der Waals surface area contributed by atoms with Gasteiger partial charge in [0.25, 0.3) is 0 Å². The number of nitrogens with one attached hydrogen (secondary N) is 2. The average molecular weight is 252 g/mol. The number of methoxy groups -OCH3 is 1. The Morgan fingerprint density at radius 3 is 3.28 bits per heavy atom. The van der Waals surface area contributed by atoms with Crippen LogP contribution in [0.2, 0.25) is 0 Å². The van der Waals surface area contributed by atoms with Crippen LogP contribution in [0, 0.1) is 0 Å². The number of rotatable bonds is 5. The molecule has 6 nitrogen and oxygen atoms in total. The van der Waals surface area contributed by atoms with Crippen molar-refractivity contribution in [2.75, 3.05) is 32.1 Å². The molecular formula is C12H20N4O2. The highest BCUT2D eigenvalue weighted by Gasteiger charge is 2.19. The Labute approximate surface area is 107 Å². The molecule has 6 heteroatoms. The maximum Gasteiger partial charge on any atom is 0.239 e. The standard InChI is InChI=1S/C12H20N4O2/c1-3-4-14-11-7-15-10-6-13-5-9(8-17-2)18-12(10)16-11/h7,9,13H,3-6,8H2,1-2H3,(H,14,16). The number of nitrogens with zero attached hydrogens (tertiary/aromatic N) is 2. The van der Waals surface area contributed by atoms with Crippen molar-refractivity contribution in [3.63, 3.8) is 0 Å². The Hall–Kier alpha value is -1.40. The largest absolute Gasteiger partial charge is 0.469 e. The van der Waals surface area contributed by atoms with E-state index < -0.39 is 0 Å². The highest BCUT2D eigenvalue weighted by Crippen LogP contribution is 2.19. The summed E-state index contributed by atoms with van der Waals surface area (Å²) in [7, 11) is 1.67. The quantitative estimate of drug-likeness (QED) is 0.807. The fraction of sp³-hybridized carbons (Fsp3) is 0.667. The van der Waals surface area contributed by atoms with Crippen LogP contribution in [0.5, 0.6) is 5.88 Å². The van der Waals surface area contributed by atoms with Gasteiger partial charge in [0.05, 0.1) is 12.8 Å². The van der Waals surface area contributed by atoms with Crippen molar-refractivity contribution < 1.29 is 9.47 Å². The lowest BCUT2D eigenvalue weighted by molar-refractivity contribution is 0.0811. The molecule has 0 spiro atoms. The first-order valence-electron chi connectivity index (χ1n) is 6.29. The van der Waals surface area contributed by atoms with Gasteiger partial charge in [-0.05, 0) is 6.42 Å². The summed E-state index contributed by atoms with van der Waals surface area (Å²) in [5.41, 5.74) is 0.843. The normalized spacial score (nSPS) is 18.7. The maximum absolute atomic E-state index is 5.82. The van der Waals surface area contributed by atoms with Gasteiger partial charge in [0, 0.05) is 26.7 Å². The average Bonchev–Trinajstić information content (AvgIpc) is 2.58. The number of ether oxygens (including phenoxy) is 2. The molecule has 0 aromatic carbocycles. The first kappa shape index (κ1) is 13.0. The summed E-state index contributed by atoms with van der Waals surface area (Å²) in [4.78, 5) is 8.83. The van der Waals surface area contributed by atoms with Crippen LogP contribution in [0.3, 0.4) is 0 Å². The Balaban J connectivity index is 2.10. The molecule has 2 N–H and O–H groups in total. The predicted molar refractivity (Wildman–Crippen MR) is 68.8 cm³/mol. The van der Waals surface area contributed by atoms with Crippen LogP contribution in [0.15, 0.2) is 6.20 Å². The molecule has 1 aliphatic heterocycles. The van der Waals surface area contributed by atoms with Crippen molar-refractivity contribution in [3.8, 4) is 5.88 Å². The lowest BCUT2D eigenvalue weighted by atomic mass is 10.4. The fourth-order valence-corrected chi connectivity index (χ4v) is 1.78. The van der Waals surface area contributed by atoms with Gasteiger partial charge < -0.3 is 20.1 Å². The predicted octanol–water partition coefficient (Wildman–Crippen LogP) is 0.795. The molecule has 0 fully saturated rings. The second-order valence-electron chi connectivity index (χ2n) is 4.26. The second kappa shape index (κ2) is 6.51. The summed E-state index contributed by atoms with van der Waals surface area (Å²) in [6.07, 6.45) is 2.77. The van der Waals surface area contributed by atoms with E-state index in [-0.39, 0.29) is 6.10 Å². The molecule has 2 heterocycles. The molecule has 0 radical (unpaired) electrons. The van der Waals surface area contributed by atoms with Gasteiger partial charge in [-0.3, -0.25) is 4.98 Å². The van der Waals surface area contributed by atoms with Gasteiger partial charge in [-0.1, -0.05) is 6.92 Å². The molecule has 1 aromatic heterocycles. The summed E-state index contributed by atoms with van der Waals surface area (Å²) in [6, 6.07) is 0. The summed E-state index contributed by atoms with van der Waals surface area (Å²) >= 11 is 0. The molecule has 2 rings (SSSR count). The van der Waals surface area contributed by atoms with Gasteiger partial charge in [-0.25, -0.2) is 0 Å². The number of hydrogen-bond acceptors (Lipinski definition) is 6. The number of hydrogen-bond donors (Lipinski definition) is 2. The minimum absolute atomic E-state index is 0.0213. The lowest BCUT2D eigenvalue weighted by Gasteiger charge is -2.15. The summed E-state index contributed by atoms with van der Waals surface area (Å²) in [5.74, 6) is 1.36. The summed E-state index contributed by atoms with van der Waals surface area (Å²) in [6.45, 7) is 4.95. The number of anilines is 1. The molecule has 18 heavy (non-hydrogen) atoms. The third-order valence-electron chi connectivity index (χ3n) is 2.66. The Kier molecular flexibility index (Phi) is 4.72. The van der Waals surface area contributed by atoms with E-state index in [0.29, 0.717) is 19.0 Å². The van der Waals surface area contributed by atoms with Crippen LogP contribution < -0.4 is 15.4 Å². The maximum atomic E-state index is 5.82. The third-order valence-corrected chi connectivity index (χ3v) is 2.66. The van der Waals surface area contributed by atoms with Crippen LogP contribution in [0.4, 0.5) is 5.82 Å². The van der Waals surface area contributed by atoms with E-state index in [1.807, 2.05) is 0 Å². The first-order chi connectivity index (χ1) is 8.83. The Morgan fingerprint density at radius 1 is 1.61 bits per heavy atom. The molecule has 0 amide bonds. The molecule has 1 unspecified atom stereocenters. The van der Waals surface area contributed by atoms with Crippen molar-refractivity contribution in [3.05, 3.63) is 11.9 Å². The van der Waals surface area contributed by atoms with E-state index in [9.17, 15) is 0 Å². The molecule has 1 atom stereocenters. The highest BCUT2D eigenvalue weighted by atomic mass is 16.5. The van der Waals surface area contributed by atoms with Crippen LogP contribution in [-0.2, 0) is 11.3 Å². The molecule has 0 aliphatic carbocycles. The van der Waals surface area contributed by atoms with Crippen molar-refractivity contribution in [1.29, 1.82) is 0 Å². The monoisotopic (exact) mass is 252 g/mol. The van der Waals surface area contributed by atoms with Crippen LogP contribution in [0.1, 0.15) is 19.0 Å². The zero-order valence-corrected chi connectivity index (χ0v) is 10.9. The van der Waals surface area contributed by atoms with E-state index in [0.717, 1.165) is 31.0 Å². The van der Waals surface area contributed by atoms with Gasteiger partial charge >= 0.3 is 0 Å². The molecule has 0 bridgehead atoms. The topological polar surface area (TPSA) is 68.3 Å². The molecule has 100 valence electrons. The van der Waals surface area contributed by atoms with Crippen molar-refractivity contribution in [2.24, 2.45) is 0 Å². The molecule has 1 aromatic rings. The van der Waals surface area contributed by atoms with E-state index in [4.69, 9.17) is 9.47 Å². The fourth-order valence-electron chi connectivity index (χ4n) is 1.78.